The number of hydrogen-bond donors (Lipinski definition) is 0. The van der Waals surface area contributed by atoms with Crippen LogP contribution in [0, 0.1) is 6.92 Å². The van der Waals surface area contributed by atoms with Crippen molar-refractivity contribution in [2.75, 3.05) is 31.7 Å². The Kier molecular flexibility index (Phi) is 5.63. The standard InChI is InChI=1S/C17H21NO4S/c1-14-4-10-17(11-5-14)23(19,20)18(2)15-6-8-16(9-7-15)22-13-12-21-3/h4-11H,12-13H2,1-3H3. The summed E-state index contributed by atoms with van der Waals surface area (Å²) in [6.45, 7) is 2.87. The lowest BCUT2D eigenvalue weighted by atomic mass is 10.2. The summed E-state index contributed by atoms with van der Waals surface area (Å²) in [6, 6.07) is 13.7. The highest BCUT2D eigenvalue weighted by molar-refractivity contribution is 7.92. The zero-order valence-corrected chi connectivity index (χ0v) is 14.3. The Morgan fingerprint density at radius 2 is 1.57 bits per heavy atom. The predicted molar refractivity (Wildman–Crippen MR) is 90.6 cm³/mol. The number of benzene rings is 2. The van der Waals surface area contributed by atoms with Gasteiger partial charge in [-0.05, 0) is 43.3 Å². The van der Waals surface area contributed by atoms with Crippen LogP contribution in [-0.4, -0.2) is 35.8 Å². The van der Waals surface area contributed by atoms with Gasteiger partial charge in [0.15, 0.2) is 0 Å². The van der Waals surface area contributed by atoms with Crippen LogP contribution in [0.1, 0.15) is 5.56 Å². The van der Waals surface area contributed by atoms with Crippen LogP contribution < -0.4 is 9.04 Å². The van der Waals surface area contributed by atoms with E-state index >= 15 is 0 Å². The first kappa shape index (κ1) is 17.3. The minimum Gasteiger partial charge on any atom is -0.491 e. The molecule has 0 atom stereocenters. The zero-order chi connectivity index (χ0) is 16.9. The molecule has 0 saturated heterocycles. The monoisotopic (exact) mass is 335 g/mol. The van der Waals surface area contributed by atoms with Gasteiger partial charge in [0.2, 0.25) is 0 Å². The second-order valence-corrected chi connectivity index (χ2v) is 7.09. The molecule has 0 spiro atoms. The van der Waals surface area contributed by atoms with Gasteiger partial charge in [0, 0.05) is 14.2 Å². The molecule has 0 saturated carbocycles. The smallest absolute Gasteiger partial charge is 0.264 e. The fraction of sp³-hybridized carbons (Fsp3) is 0.294. The van der Waals surface area contributed by atoms with E-state index in [9.17, 15) is 8.42 Å². The molecule has 0 aliphatic heterocycles. The largest absolute Gasteiger partial charge is 0.491 e. The first-order valence-corrected chi connectivity index (χ1v) is 8.66. The van der Waals surface area contributed by atoms with Gasteiger partial charge in [-0.25, -0.2) is 8.42 Å². The van der Waals surface area contributed by atoms with Crippen LogP contribution in [0.3, 0.4) is 0 Å². The lowest BCUT2D eigenvalue weighted by Crippen LogP contribution is -2.26. The Bertz CT molecular complexity index is 724. The van der Waals surface area contributed by atoms with E-state index in [4.69, 9.17) is 9.47 Å². The van der Waals surface area contributed by atoms with Crippen molar-refractivity contribution in [2.45, 2.75) is 11.8 Å². The SMILES string of the molecule is COCCOc1ccc(N(C)S(=O)(=O)c2ccc(C)cc2)cc1. The minimum atomic E-state index is -3.57. The number of rotatable bonds is 7. The average molecular weight is 335 g/mol. The summed E-state index contributed by atoms with van der Waals surface area (Å²) in [5, 5.41) is 0. The van der Waals surface area contributed by atoms with Crippen molar-refractivity contribution in [2.24, 2.45) is 0 Å². The molecule has 0 bridgehead atoms. The zero-order valence-electron chi connectivity index (χ0n) is 13.5. The maximum absolute atomic E-state index is 12.6. The molecule has 0 amide bonds. The average Bonchev–Trinajstić information content (AvgIpc) is 2.55. The Labute approximate surface area is 137 Å². The molecule has 124 valence electrons. The van der Waals surface area contributed by atoms with E-state index < -0.39 is 10.0 Å². The normalized spacial score (nSPS) is 11.3. The van der Waals surface area contributed by atoms with Crippen LogP contribution in [-0.2, 0) is 14.8 Å². The Morgan fingerprint density at radius 3 is 2.13 bits per heavy atom. The quantitative estimate of drug-likeness (QED) is 0.730. The summed E-state index contributed by atoms with van der Waals surface area (Å²) in [4.78, 5) is 0.269. The molecule has 0 fully saturated rings. The lowest BCUT2D eigenvalue weighted by Gasteiger charge is -2.20. The first-order chi connectivity index (χ1) is 10.9. The van der Waals surface area contributed by atoms with Crippen LogP contribution in [0.2, 0.25) is 0 Å². The fourth-order valence-corrected chi connectivity index (χ4v) is 3.20. The highest BCUT2D eigenvalue weighted by Gasteiger charge is 2.20. The third-order valence-corrected chi connectivity index (χ3v) is 5.24. The van der Waals surface area contributed by atoms with Crippen LogP contribution in [0.5, 0.6) is 5.75 Å². The maximum atomic E-state index is 12.6. The van der Waals surface area contributed by atoms with Gasteiger partial charge in [0.1, 0.15) is 12.4 Å². The molecule has 2 rings (SSSR count). The minimum absolute atomic E-state index is 0.269. The second-order valence-electron chi connectivity index (χ2n) is 5.12. The summed E-state index contributed by atoms with van der Waals surface area (Å²) < 4.78 is 36.9. The highest BCUT2D eigenvalue weighted by Crippen LogP contribution is 2.24. The first-order valence-electron chi connectivity index (χ1n) is 7.22. The van der Waals surface area contributed by atoms with Crippen molar-refractivity contribution in [3.8, 4) is 5.75 Å². The van der Waals surface area contributed by atoms with Crippen LogP contribution >= 0.6 is 0 Å². The van der Waals surface area contributed by atoms with Crippen molar-refractivity contribution in [1.29, 1.82) is 0 Å². The van der Waals surface area contributed by atoms with Gasteiger partial charge >= 0.3 is 0 Å². The van der Waals surface area contributed by atoms with Crippen LogP contribution in [0.4, 0.5) is 5.69 Å². The van der Waals surface area contributed by atoms with Crippen molar-refractivity contribution >= 4 is 15.7 Å². The molecule has 0 radical (unpaired) electrons. The van der Waals surface area contributed by atoms with Gasteiger partial charge in [-0.3, -0.25) is 4.31 Å². The van der Waals surface area contributed by atoms with E-state index in [0.29, 0.717) is 24.7 Å². The number of hydrogen-bond acceptors (Lipinski definition) is 4. The van der Waals surface area contributed by atoms with E-state index in [2.05, 4.69) is 0 Å². The molecular weight excluding hydrogens is 314 g/mol. The predicted octanol–water partition coefficient (Wildman–Crippen LogP) is 2.85. The molecule has 0 aromatic heterocycles. The number of ether oxygens (including phenoxy) is 2. The molecule has 0 aliphatic rings. The second kappa shape index (κ2) is 7.48. The number of anilines is 1. The van der Waals surface area contributed by atoms with Crippen molar-refractivity contribution in [3.63, 3.8) is 0 Å². The van der Waals surface area contributed by atoms with Gasteiger partial charge in [-0.15, -0.1) is 0 Å². The molecule has 6 heteroatoms. The number of nitrogens with zero attached hydrogens (tertiary/aromatic N) is 1. The van der Waals surface area contributed by atoms with Crippen LogP contribution in [0.25, 0.3) is 0 Å². The fourth-order valence-electron chi connectivity index (χ4n) is 2.00. The molecule has 23 heavy (non-hydrogen) atoms. The van der Waals surface area contributed by atoms with Gasteiger partial charge in [0.25, 0.3) is 10.0 Å². The third-order valence-electron chi connectivity index (χ3n) is 3.44. The van der Waals surface area contributed by atoms with Crippen molar-refractivity contribution in [1.82, 2.24) is 0 Å². The van der Waals surface area contributed by atoms with Gasteiger partial charge < -0.3 is 9.47 Å². The van der Waals surface area contributed by atoms with E-state index in [0.717, 1.165) is 5.56 Å². The summed E-state index contributed by atoms with van der Waals surface area (Å²) in [6.07, 6.45) is 0. The summed E-state index contributed by atoms with van der Waals surface area (Å²) in [5.41, 5.74) is 1.59. The molecule has 2 aromatic carbocycles. The lowest BCUT2D eigenvalue weighted by molar-refractivity contribution is 0.146. The molecule has 0 aliphatic carbocycles. The summed E-state index contributed by atoms with van der Waals surface area (Å²) in [7, 11) is -0.424. The van der Waals surface area contributed by atoms with E-state index in [-0.39, 0.29) is 4.90 Å². The van der Waals surface area contributed by atoms with Gasteiger partial charge in [-0.2, -0.15) is 0 Å². The van der Waals surface area contributed by atoms with E-state index in [1.54, 1.807) is 55.6 Å². The van der Waals surface area contributed by atoms with Gasteiger partial charge in [-0.1, -0.05) is 17.7 Å². The Morgan fingerprint density at radius 1 is 0.957 bits per heavy atom. The number of sulfonamides is 1. The van der Waals surface area contributed by atoms with Crippen LogP contribution in [0.15, 0.2) is 53.4 Å². The summed E-state index contributed by atoms with van der Waals surface area (Å²) in [5.74, 6) is 0.673. The summed E-state index contributed by atoms with van der Waals surface area (Å²) >= 11 is 0. The molecule has 0 heterocycles. The number of aryl methyl sites for hydroxylation is 1. The molecule has 0 unspecified atom stereocenters. The molecule has 0 N–H and O–H groups in total. The Balaban J connectivity index is 2.15. The van der Waals surface area contributed by atoms with Crippen molar-refractivity contribution in [3.05, 3.63) is 54.1 Å². The highest BCUT2D eigenvalue weighted by atomic mass is 32.2. The topological polar surface area (TPSA) is 55.8 Å². The van der Waals surface area contributed by atoms with E-state index in [1.807, 2.05) is 6.92 Å². The Hall–Kier alpha value is -2.05. The molecular formula is C17H21NO4S. The van der Waals surface area contributed by atoms with Crippen molar-refractivity contribution < 1.29 is 17.9 Å². The van der Waals surface area contributed by atoms with E-state index in [1.165, 1.54) is 11.4 Å². The third kappa shape index (κ3) is 4.24. The van der Waals surface area contributed by atoms with Gasteiger partial charge in [0.05, 0.1) is 17.2 Å². The maximum Gasteiger partial charge on any atom is 0.264 e. The number of methoxy groups -OCH3 is 1. The molecule has 5 nitrogen and oxygen atoms in total. The molecule has 2 aromatic rings.